The Kier molecular flexibility index (Phi) is 6.58. The van der Waals surface area contributed by atoms with Gasteiger partial charge in [-0.2, -0.15) is 13.2 Å². The second-order valence-corrected chi connectivity index (χ2v) is 6.94. The van der Waals surface area contributed by atoms with Crippen LogP contribution in [-0.2, 0) is 21.1 Å². The molecule has 0 radical (unpaired) electrons. The molecule has 2 aliphatic rings. The zero-order valence-electron chi connectivity index (χ0n) is 14.6. The fraction of sp³-hybridized carbons (Fsp3) is 0.611. The summed E-state index contributed by atoms with van der Waals surface area (Å²) >= 11 is 0. The molecule has 0 unspecified atom stereocenters. The smallest absolute Gasteiger partial charge is 0.375 e. The second kappa shape index (κ2) is 8.15. The van der Waals surface area contributed by atoms with Crippen molar-refractivity contribution in [3.05, 3.63) is 35.4 Å². The van der Waals surface area contributed by atoms with Crippen molar-refractivity contribution in [2.75, 3.05) is 19.7 Å². The minimum absolute atomic E-state index is 0. The third-order valence-corrected chi connectivity index (χ3v) is 5.31. The largest absolute Gasteiger partial charge is 0.416 e. The number of amides is 1. The molecule has 1 aliphatic carbocycles. The summed E-state index contributed by atoms with van der Waals surface area (Å²) < 4.78 is 44.4. The molecule has 3 rings (SSSR count). The van der Waals surface area contributed by atoms with E-state index in [1.165, 1.54) is 12.1 Å². The Bertz CT molecular complexity index is 635. The maximum absolute atomic E-state index is 13.0. The maximum atomic E-state index is 13.0. The monoisotopic (exact) mass is 392 g/mol. The van der Waals surface area contributed by atoms with Gasteiger partial charge in [-0.15, -0.1) is 12.4 Å². The van der Waals surface area contributed by atoms with Gasteiger partial charge in [0.2, 0.25) is 5.91 Å². The van der Waals surface area contributed by atoms with E-state index in [0.29, 0.717) is 25.3 Å². The highest BCUT2D eigenvalue weighted by atomic mass is 35.5. The van der Waals surface area contributed by atoms with Crippen LogP contribution in [0.15, 0.2) is 24.3 Å². The summed E-state index contributed by atoms with van der Waals surface area (Å²) in [5.74, 6) is -0.162. The van der Waals surface area contributed by atoms with Crippen LogP contribution in [0.5, 0.6) is 0 Å². The van der Waals surface area contributed by atoms with Crippen molar-refractivity contribution in [2.24, 2.45) is 0 Å². The van der Waals surface area contributed by atoms with Gasteiger partial charge in [0, 0.05) is 18.5 Å². The first kappa shape index (κ1) is 21.0. The topological polar surface area (TPSA) is 50.4 Å². The Morgan fingerprint density at radius 3 is 2.69 bits per heavy atom. The lowest BCUT2D eigenvalue weighted by atomic mass is 9.64. The molecule has 2 fully saturated rings. The molecule has 0 bridgehead atoms. The van der Waals surface area contributed by atoms with Crippen LogP contribution in [0.4, 0.5) is 13.2 Å². The second-order valence-electron chi connectivity index (χ2n) is 6.94. The molecule has 1 aromatic rings. The van der Waals surface area contributed by atoms with E-state index in [-0.39, 0.29) is 24.4 Å². The summed E-state index contributed by atoms with van der Waals surface area (Å²) in [6, 6.07) is 5.05. The van der Waals surface area contributed by atoms with Gasteiger partial charge in [0.05, 0.1) is 18.3 Å². The Morgan fingerprint density at radius 2 is 2.12 bits per heavy atom. The van der Waals surface area contributed by atoms with Gasteiger partial charge >= 0.3 is 6.18 Å². The molecule has 2 atom stereocenters. The number of morpholine rings is 1. The van der Waals surface area contributed by atoms with Gasteiger partial charge in [-0.3, -0.25) is 4.79 Å². The summed E-state index contributed by atoms with van der Waals surface area (Å²) in [6.45, 7) is 3.36. The van der Waals surface area contributed by atoms with E-state index in [1.807, 2.05) is 6.92 Å². The molecule has 1 saturated carbocycles. The van der Waals surface area contributed by atoms with Gasteiger partial charge in [-0.25, -0.2) is 0 Å². The number of halogens is 4. The highest BCUT2D eigenvalue weighted by Crippen LogP contribution is 2.44. The fourth-order valence-corrected chi connectivity index (χ4v) is 3.59. The predicted octanol–water partition coefficient (Wildman–Crippen LogP) is 3.04. The average Bonchev–Trinajstić information content (AvgIpc) is 2.53. The van der Waals surface area contributed by atoms with E-state index < -0.39 is 23.2 Å². The Labute approximate surface area is 157 Å². The normalized spacial score (nSPS) is 24.9. The third kappa shape index (κ3) is 4.32. The molecule has 1 saturated heterocycles. The first-order chi connectivity index (χ1) is 11.8. The Morgan fingerprint density at radius 1 is 1.38 bits per heavy atom. The van der Waals surface area contributed by atoms with E-state index in [2.05, 4.69) is 10.6 Å². The molecule has 1 heterocycles. The van der Waals surface area contributed by atoms with E-state index in [0.717, 1.165) is 25.3 Å². The van der Waals surface area contributed by atoms with E-state index in [9.17, 15) is 18.0 Å². The van der Waals surface area contributed by atoms with Crippen molar-refractivity contribution in [1.82, 2.24) is 10.6 Å². The Balaban J connectivity index is 0.00000243. The number of nitrogens with one attached hydrogen (secondary N) is 2. The van der Waals surface area contributed by atoms with Crippen LogP contribution in [0.3, 0.4) is 0 Å². The van der Waals surface area contributed by atoms with Crippen molar-refractivity contribution in [2.45, 2.75) is 49.9 Å². The molecular formula is C18H24ClF3N2O2. The molecule has 0 aromatic heterocycles. The molecule has 0 spiro atoms. The quantitative estimate of drug-likeness (QED) is 0.828. The van der Waals surface area contributed by atoms with Crippen molar-refractivity contribution in [1.29, 1.82) is 0 Å². The average molecular weight is 393 g/mol. The highest BCUT2D eigenvalue weighted by Gasteiger charge is 2.41. The summed E-state index contributed by atoms with van der Waals surface area (Å²) in [7, 11) is 0. The highest BCUT2D eigenvalue weighted by molar-refractivity contribution is 5.85. The van der Waals surface area contributed by atoms with Crippen LogP contribution >= 0.6 is 12.4 Å². The lowest BCUT2D eigenvalue weighted by molar-refractivity contribution is -0.137. The molecule has 8 heteroatoms. The summed E-state index contributed by atoms with van der Waals surface area (Å²) in [4.78, 5) is 12.4. The number of alkyl halides is 3. The standard InChI is InChI=1S/C18H23F3N2O2.ClH/c1-12-15(22-8-9-25-12)16(24)23-11-17(6-3-7-17)13-4-2-5-14(10-13)18(19,20)21;/h2,4-5,10,12,15,22H,3,6-9,11H2,1H3,(H,23,24);1H/t12-,15+;/m1./s1. The summed E-state index contributed by atoms with van der Waals surface area (Å²) in [5, 5.41) is 6.04. The predicted molar refractivity (Wildman–Crippen MR) is 94.4 cm³/mol. The molecule has 1 amide bonds. The Hall–Kier alpha value is -1.31. The van der Waals surface area contributed by atoms with Crippen LogP contribution in [0.25, 0.3) is 0 Å². The lowest BCUT2D eigenvalue weighted by Gasteiger charge is -2.43. The van der Waals surface area contributed by atoms with Crippen LogP contribution in [-0.4, -0.2) is 37.7 Å². The van der Waals surface area contributed by atoms with Gasteiger partial charge in [0.25, 0.3) is 0 Å². The van der Waals surface area contributed by atoms with Gasteiger partial charge < -0.3 is 15.4 Å². The van der Waals surface area contributed by atoms with E-state index in [1.54, 1.807) is 6.07 Å². The molecular weight excluding hydrogens is 369 g/mol. The summed E-state index contributed by atoms with van der Waals surface area (Å²) in [5.41, 5.74) is -0.399. The molecule has 1 aromatic carbocycles. The number of ether oxygens (including phenoxy) is 1. The van der Waals surface area contributed by atoms with Gasteiger partial charge in [0.1, 0.15) is 6.04 Å². The molecule has 1 aliphatic heterocycles. The SMILES string of the molecule is C[C@H]1OCCN[C@@H]1C(=O)NCC1(c2cccc(C(F)(F)F)c2)CCC1.Cl. The van der Waals surface area contributed by atoms with E-state index in [4.69, 9.17) is 4.74 Å². The maximum Gasteiger partial charge on any atom is 0.416 e. The van der Waals surface area contributed by atoms with Crippen LogP contribution < -0.4 is 10.6 Å². The van der Waals surface area contributed by atoms with Crippen LogP contribution in [0.1, 0.15) is 37.3 Å². The number of hydrogen-bond acceptors (Lipinski definition) is 3. The molecule has 26 heavy (non-hydrogen) atoms. The fourth-order valence-electron chi connectivity index (χ4n) is 3.59. The first-order valence-electron chi connectivity index (χ1n) is 8.62. The number of rotatable bonds is 4. The first-order valence-corrected chi connectivity index (χ1v) is 8.62. The minimum atomic E-state index is -4.36. The van der Waals surface area contributed by atoms with Crippen molar-refractivity contribution < 1.29 is 22.7 Å². The third-order valence-electron chi connectivity index (χ3n) is 5.31. The zero-order chi connectivity index (χ0) is 18.1. The van der Waals surface area contributed by atoms with Crippen LogP contribution in [0, 0.1) is 0 Å². The number of carbonyl (C=O) groups excluding carboxylic acids is 1. The number of hydrogen-bond donors (Lipinski definition) is 2. The molecule has 2 N–H and O–H groups in total. The van der Waals surface area contributed by atoms with Crippen LogP contribution in [0.2, 0.25) is 0 Å². The van der Waals surface area contributed by atoms with Crippen molar-refractivity contribution in [3.8, 4) is 0 Å². The zero-order valence-corrected chi connectivity index (χ0v) is 15.4. The van der Waals surface area contributed by atoms with Gasteiger partial charge in [-0.05, 0) is 31.4 Å². The number of benzene rings is 1. The van der Waals surface area contributed by atoms with E-state index >= 15 is 0 Å². The molecule has 4 nitrogen and oxygen atoms in total. The van der Waals surface area contributed by atoms with Crippen molar-refractivity contribution >= 4 is 18.3 Å². The lowest BCUT2D eigenvalue weighted by Crippen LogP contribution is -2.57. The number of carbonyl (C=O) groups is 1. The van der Waals surface area contributed by atoms with Gasteiger partial charge in [0.15, 0.2) is 0 Å². The molecule has 146 valence electrons. The van der Waals surface area contributed by atoms with Crippen molar-refractivity contribution in [3.63, 3.8) is 0 Å². The minimum Gasteiger partial charge on any atom is -0.375 e. The van der Waals surface area contributed by atoms with Gasteiger partial charge in [-0.1, -0.05) is 24.6 Å². The summed E-state index contributed by atoms with van der Waals surface area (Å²) in [6.07, 6.45) is -2.08.